The van der Waals surface area contributed by atoms with Crippen molar-refractivity contribution in [2.45, 2.75) is 10.9 Å². The lowest BCUT2D eigenvalue weighted by atomic mass is 10.2. The molecule has 8 nitrogen and oxygen atoms in total. The van der Waals surface area contributed by atoms with E-state index in [1.54, 1.807) is 11.6 Å². The zero-order valence-electron chi connectivity index (χ0n) is 14.0. The van der Waals surface area contributed by atoms with E-state index in [1.807, 2.05) is 29.6 Å². The fourth-order valence-electron chi connectivity index (χ4n) is 2.69. The Bertz CT molecular complexity index is 1210. The minimum absolute atomic E-state index is 0.0518. The highest BCUT2D eigenvalue weighted by atomic mass is 32.2. The summed E-state index contributed by atoms with van der Waals surface area (Å²) in [6, 6.07) is 7.33. The van der Waals surface area contributed by atoms with Crippen LogP contribution in [0.4, 0.5) is 0 Å². The van der Waals surface area contributed by atoms with Crippen LogP contribution in [0.5, 0.6) is 11.5 Å². The highest BCUT2D eigenvalue weighted by Gasteiger charge is 2.17. The molecule has 0 amide bonds. The molecule has 4 heterocycles. The van der Waals surface area contributed by atoms with Gasteiger partial charge in [-0.25, -0.2) is 4.98 Å². The van der Waals surface area contributed by atoms with E-state index in [2.05, 4.69) is 15.1 Å². The van der Waals surface area contributed by atoms with Crippen LogP contribution in [0, 0.1) is 0 Å². The van der Waals surface area contributed by atoms with E-state index in [0.717, 1.165) is 5.56 Å². The van der Waals surface area contributed by atoms with Crippen molar-refractivity contribution in [3.63, 3.8) is 0 Å². The summed E-state index contributed by atoms with van der Waals surface area (Å²) in [4.78, 5) is 21.3. The summed E-state index contributed by atoms with van der Waals surface area (Å²) >= 11 is 2.77. The zero-order valence-corrected chi connectivity index (χ0v) is 15.7. The van der Waals surface area contributed by atoms with Crippen molar-refractivity contribution in [1.29, 1.82) is 0 Å². The standard InChI is InChI=1S/C17H12N4O4S2/c1-21-16(22)14-10(4-5-26-14)18-17(21)27-7-13-19-15(20-25-13)9-2-3-11-12(6-9)24-8-23-11/h2-6H,7-8H2,1H3. The maximum absolute atomic E-state index is 12.4. The van der Waals surface area contributed by atoms with Crippen LogP contribution in [0.3, 0.4) is 0 Å². The lowest BCUT2D eigenvalue weighted by molar-refractivity contribution is 0.174. The number of rotatable bonds is 4. The number of ether oxygens (including phenoxy) is 2. The third-order valence-electron chi connectivity index (χ3n) is 4.07. The second-order valence-corrected chi connectivity index (χ2v) is 7.62. The SMILES string of the molecule is Cn1c(SCc2nc(-c3ccc4c(c3)OCO4)no2)nc2ccsc2c1=O. The molecule has 0 unspecified atom stereocenters. The van der Waals surface area contributed by atoms with E-state index in [9.17, 15) is 4.79 Å². The molecule has 4 aromatic rings. The molecule has 27 heavy (non-hydrogen) atoms. The Labute approximate surface area is 160 Å². The van der Waals surface area contributed by atoms with E-state index < -0.39 is 0 Å². The number of fused-ring (bicyclic) bond motifs is 2. The summed E-state index contributed by atoms with van der Waals surface area (Å²) in [7, 11) is 1.71. The number of aromatic nitrogens is 4. The van der Waals surface area contributed by atoms with Crippen molar-refractivity contribution < 1.29 is 14.0 Å². The van der Waals surface area contributed by atoms with E-state index in [-0.39, 0.29) is 12.4 Å². The highest BCUT2D eigenvalue weighted by Crippen LogP contribution is 2.35. The van der Waals surface area contributed by atoms with Gasteiger partial charge < -0.3 is 14.0 Å². The molecule has 0 radical (unpaired) electrons. The van der Waals surface area contributed by atoms with Gasteiger partial charge in [0.2, 0.25) is 18.5 Å². The molecule has 0 bridgehead atoms. The van der Waals surface area contributed by atoms with Crippen LogP contribution in [0.2, 0.25) is 0 Å². The Morgan fingerprint density at radius 1 is 1.22 bits per heavy atom. The predicted octanol–water partition coefficient (Wildman–Crippen LogP) is 3.07. The van der Waals surface area contributed by atoms with Crippen LogP contribution in [-0.4, -0.2) is 26.5 Å². The fraction of sp³-hybridized carbons (Fsp3) is 0.176. The molecule has 5 rings (SSSR count). The third kappa shape index (κ3) is 2.86. The van der Waals surface area contributed by atoms with E-state index in [1.165, 1.54) is 23.1 Å². The van der Waals surface area contributed by atoms with E-state index >= 15 is 0 Å². The van der Waals surface area contributed by atoms with Crippen LogP contribution in [0.15, 0.2) is 44.1 Å². The smallest absolute Gasteiger partial charge is 0.271 e. The van der Waals surface area contributed by atoms with Gasteiger partial charge in [-0.05, 0) is 29.6 Å². The Kier molecular flexibility index (Phi) is 3.87. The molecule has 0 spiro atoms. The van der Waals surface area contributed by atoms with Crippen LogP contribution in [0.1, 0.15) is 5.89 Å². The molecule has 3 aromatic heterocycles. The summed E-state index contributed by atoms with van der Waals surface area (Å²) < 4.78 is 18.2. The predicted molar refractivity (Wildman–Crippen MR) is 100 cm³/mol. The van der Waals surface area contributed by atoms with Crippen LogP contribution < -0.4 is 15.0 Å². The molecule has 136 valence electrons. The van der Waals surface area contributed by atoms with Gasteiger partial charge in [0.1, 0.15) is 4.70 Å². The summed E-state index contributed by atoms with van der Waals surface area (Å²) in [6.45, 7) is 0.215. The highest BCUT2D eigenvalue weighted by molar-refractivity contribution is 7.98. The van der Waals surface area contributed by atoms with Crippen molar-refractivity contribution in [3.8, 4) is 22.9 Å². The Hall–Kier alpha value is -2.85. The van der Waals surface area contributed by atoms with Crippen molar-refractivity contribution in [1.82, 2.24) is 19.7 Å². The maximum Gasteiger partial charge on any atom is 0.271 e. The number of hydrogen-bond donors (Lipinski definition) is 0. The quantitative estimate of drug-likeness (QED) is 0.381. The number of thiophene rings is 1. The first-order valence-electron chi connectivity index (χ1n) is 7.99. The van der Waals surface area contributed by atoms with Crippen molar-refractivity contribution in [2.24, 2.45) is 7.05 Å². The van der Waals surface area contributed by atoms with Gasteiger partial charge in [0.05, 0.1) is 11.3 Å². The second-order valence-electron chi connectivity index (χ2n) is 5.76. The molecule has 10 heteroatoms. The van der Waals surface area contributed by atoms with Gasteiger partial charge in [-0.15, -0.1) is 11.3 Å². The number of hydrogen-bond acceptors (Lipinski definition) is 9. The number of nitrogens with zero attached hydrogens (tertiary/aromatic N) is 4. The minimum atomic E-state index is -0.0518. The molecule has 0 N–H and O–H groups in total. The first kappa shape index (κ1) is 16.3. The van der Waals surface area contributed by atoms with Gasteiger partial charge in [-0.2, -0.15) is 4.98 Å². The van der Waals surface area contributed by atoms with Crippen molar-refractivity contribution in [3.05, 3.63) is 45.9 Å². The first-order chi connectivity index (χ1) is 13.2. The molecule has 1 aromatic carbocycles. The second kappa shape index (κ2) is 6.39. The monoisotopic (exact) mass is 400 g/mol. The van der Waals surface area contributed by atoms with Crippen LogP contribution in [-0.2, 0) is 12.8 Å². The average molecular weight is 400 g/mol. The molecule has 0 saturated heterocycles. The molecule has 0 saturated carbocycles. The van der Waals surface area contributed by atoms with Gasteiger partial charge in [0.25, 0.3) is 5.56 Å². The molecular formula is C17H12N4O4S2. The Balaban J connectivity index is 1.37. The first-order valence-corrected chi connectivity index (χ1v) is 9.85. The third-order valence-corrected chi connectivity index (χ3v) is 5.98. The van der Waals surface area contributed by atoms with Gasteiger partial charge in [0.15, 0.2) is 16.7 Å². The molecular weight excluding hydrogens is 388 g/mol. The normalized spacial score (nSPS) is 12.8. The number of benzene rings is 1. The van der Waals surface area contributed by atoms with Crippen molar-refractivity contribution >= 4 is 33.3 Å². The van der Waals surface area contributed by atoms with Gasteiger partial charge >= 0.3 is 0 Å². The molecule has 0 aliphatic carbocycles. The molecule has 1 aliphatic rings. The summed E-state index contributed by atoms with van der Waals surface area (Å²) in [5.74, 6) is 2.70. The minimum Gasteiger partial charge on any atom is -0.454 e. The maximum atomic E-state index is 12.4. The largest absolute Gasteiger partial charge is 0.454 e. The Morgan fingerprint density at radius 2 is 2.11 bits per heavy atom. The average Bonchev–Trinajstić information content (AvgIpc) is 3.42. The summed E-state index contributed by atoms with van der Waals surface area (Å²) in [5.41, 5.74) is 1.44. The lowest BCUT2D eigenvalue weighted by Crippen LogP contribution is -2.18. The fourth-order valence-corrected chi connectivity index (χ4v) is 4.30. The van der Waals surface area contributed by atoms with Crippen LogP contribution in [0.25, 0.3) is 21.6 Å². The summed E-state index contributed by atoms with van der Waals surface area (Å²) in [6.07, 6.45) is 0. The Morgan fingerprint density at radius 3 is 3.04 bits per heavy atom. The van der Waals surface area contributed by atoms with Crippen molar-refractivity contribution in [2.75, 3.05) is 6.79 Å². The lowest BCUT2D eigenvalue weighted by Gasteiger charge is -2.05. The zero-order chi connectivity index (χ0) is 18.4. The van der Waals surface area contributed by atoms with Gasteiger partial charge in [0, 0.05) is 12.6 Å². The summed E-state index contributed by atoms with van der Waals surface area (Å²) in [5, 5.41) is 6.49. The van der Waals surface area contributed by atoms with Crippen LogP contribution >= 0.6 is 23.1 Å². The number of thioether (sulfide) groups is 1. The van der Waals surface area contributed by atoms with E-state index in [4.69, 9.17) is 14.0 Å². The molecule has 0 atom stereocenters. The molecule has 1 aliphatic heterocycles. The van der Waals surface area contributed by atoms with Gasteiger partial charge in [-0.1, -0.05) is 16.9 Å². The van der Waals surface area contributed by atoms with E-state index in [0.29, 0.717) is 44.3 Å². The van der Waals surface area contributed by atoms with Gasteiger partial charge in [-0.3, -0.25) is 9.36 Å². The molecule has 0 fully saturated rings. The topological polar surface area (TPSA) is 92.3 Å².